The van der Waals surface area contributed by atoms with E-state index in [4.69, 9.17) is 4.74 Å². The van der Waals surface area contributed by atoms with Crippen LogP contribution in [0.25, 0.3) is 10.9 Å². The Kier molecular flexibility index (Phi) is 4.87. The maximum absolute atomic E-state index is 13.1. The zero-order chi connectivity index (χ0) is 19.7. The van der Waals surface area contributed by atoms with Gasteiger partial charge >= 0.3 is 0 Å². The average Bonchev–Trinajstić information content (AvgIpc) is 3.32. The van der Waals surface area contributed by atoms with Crippen molar-refractivity contribution in [2.45, 2.75) is 19.5 Å². The fourth-order valence-electron chi connectivity index (χ4n) is 3.58. The SMILES string of the molecule is COCCNC(=O)c1cn2c(n1)[C@H](C)N(C(=O)c1cc3ccccc3[nH]1)CC2. The van der Waals surface area contributed by atoms with Gasteiger partial charge < -0.3 is 24.5 Å². The highest BCUT2D eigenvalue weighted by Crippen LogP contribution is 2.27. The summed E-state index contributed by atoms with van der Waals surface area (Å²) in [5.41, 5.74) is 1.86. The minimum Gasteiger partial charge on any atom is -0.383 e. The van der Waals surface area contributed by atoms with Gasteiger partial charge in [-0.1, -0.05) is 18.2 Å². The molecule has 8 heteroatoms. The molecule has 3 aromatic rings. The molecule has 0 radical (unpaired) electrons. The van der Waals surface area contributed by atoms with Crippen molar-refractivity contribution in [3.63, 3.8) is 0 Å². The lowest BCUT2D eigenvalue weighted by atomic mass is 10.2. The summed E-state index contributed by atoms with van der Waals surface area (Å²) in [6.07, 6.45) is 1.75. The molecule has 0 unspecified atom stereocenters. The molecule has 0 fully saturated rings. The average molecular weight is 381 g/mol. The second kappa shape index (κ2) is 7.47. The van der Waals surface area contributed by atoms with Crippen LogP contribution >= 0.6 is 0 Å². The van der Waals surface area contributed by atoms with Crippen LogP contribution in [0, 0.1) is 0 Å². The monoisotopic (exact) mass is 381 g/mol. The minimum absolute atomic E-state index is 0.0657. The first-order valence-electron chi connectivity index (χ1n) is 9.31. The Morgan fingerprint density at radius 2 is 2.14 bits per heavy atom. The first kappa shape index (κ1) is 18.2. The number of benzene rings is 1. The van der Waals surface area contributed by atoms with Crippen molar-refractivity contribution < 1.29 is 14.3 Å². The van der Waals surface area contributed by atoms with Gasteiger partial charge in [-0.05, 0) is 19.1 Å². The van der Waals surface area contributed by atoms with Crippen molar-refractivity contribution in [2.24, 2.45) is 0 Å². The van der Waals surface area contributed by atoms with Crippen LogP contribution in [0.4, 0.5) is 0 Å². The van der Waals surface area contributed by atoms with E-state index in [0.29, 0.717) is 43.5 Å². The first-order chi connectivity index (χ1) is 13.6. The Morgan fingerprint density at radius 3 is 2.93 bits per heavy atom. The number of rotatable bonds is 5. The largest absolute Gasteiger partial charge is 0.383 e. The van der Waals surface area contributed by atoms with Crippen LogP contribution in [0.2, 0.25) is 0 Å². The number of ether oxygens (including phenoxy) is 1. The third-order valence-corrected chi connectivity index (χ3v) is 5.08. The van der Waals surface area contributed by atoms with Crippen molar-refractivity contribution in [1.82, 2.24) is 24.8 Å². The number of para-hydroxylation sites is 1. The Morgan fingerprint density at radius 1 is 1.32 bits per heavy atom. The maximum Gasteiger partial charge on any atom is 0.271 e. The van der Waals surface area contributed by atoms with Crippen molar-refractivity contribution in [2.75, 3.05) is 26.8 Å². The van der Waals surface area contributed by atoms with E-state index in [0.717, 1.165) is 10.9 Å². The van der Waals surface area contributed by atoms with Crippen LogP contribution in [-0.2, 0) is 11.3 Å². The van der Waals surface area contributed by atoms with E-state index >= 15 is 0 Å². The molecule has 2 amide bonds. The number of carbonyl (C=O) groups excluding carboxylic acids is 2. The Labute approximate surface area is 162 Å². The summed E-state index contributed by atoms with van der Waals surface area (Å²) < 4.78 is 6.89. The van der Waals surface area contributed by atoms with Crippen LogP contribution in [0.5, 0.6) is 0 Å². The minimum atomic E-state index is -0.236. The molecule has 1 aromatic carbocycles. The molecule has 0 saturated carbocycles. The first-order valence-corrected chi connectivity index (χ1v) is 9.31. The molecule has 0 saturated heterocycles. The second-order valence-electron chi connectivity index (χ2n) is 6.87. The van der Waals surface area contributed by atoms with Gasteiger partial charge in [0, 0.05) is 43.8 Å². The van der Waals surface area contributed by atoms with Crippen molar-refractivity contribution in [3.8, 4) is 0 Å². The molecule has 146 valence electrons. The quantitative estimate of drug-likeness (QED) is 0.661. The van der Waals surface area contributed by atoms with E-state index in [1.807, 2.05) is 41.8 Å². The van der Waals surface area contributed by atoms with E-state index in [9.17, 15) is 9.59 Å². The van der Waals surface area contributed by atoms with Crippen molar-refractivity contribution >= 4 is 22.7 Å². The summed E-state index contributed by atoms with van der Waals surface area (Å²) in [5, 5.41) is 3.78. The van der Waals surface area contributed by atoms with Gasteiger partial charge in [-0.2, -0.15) is 0 Å². The van der Waals surface area contributed by atoms with Crippen molar-refractivity contribution in [1.29, 1.82) is 0 Å². The fraction of sp³-hybridized carbons (Fsp3) is 0.350. The van der Waals surface area contributed by atoms with E-state index < -0.39 is 0 Å². The molecule has 0 bridgehead atoms. The molecule has 8 nitrogen and oxygen atoms in total. The molecular formula is C20H23N5O3. The van der Waals surface area contributed by atoms with Crippen LogP contribution in [0.3, 0.4) is 0 Å². The number of imidazole rings is 1. The smallest absolute Gasteiger partial charge is 0.271 e. The van der Waals surface area contributed by atoms with Gasteiger partial charge in [0.1, 0.15) is 17.2 Å². The predicted octanol–water partition coefficient (Wildman–Crippen LogP) is 1.96. The summed E-state index contributed by atoms with van der Waals surface area (Å²) in [4.78, 5) is 34.8. The molecule has 2 N–H and O–H groups in total. The van der Waals surface area contributed by atoms with Gasteiger partial charge in [0.05, 0.1) is 12.6 Å². The maximum atomic E-state index is 13.1. The van der Waals surface area contributed by atoms with Crippen LogP contribution < -0.4 is 5.32 Å². The number of methoxy groups -OCH3 is 1. The van der Waals surface area contributed by atoms with E-state index in [1.165, 1.54) is 0 Å². The highest BCUT2D eigenvalue weighted by Gasteiger charge is 2.31. The number of H-pyrrole nitrogens is 1. The molecule has 3 heterocycles. The zero-order valence-electron chi connectivity index (χ0n) is 15.9. The Hall–Kier alpha value is -3.13. The molecule has 28 heavy (non-hydrogen) atoms. The van der Waals surface area contributed by atoms with Gasteiger partial charge in [0.25, 0.3) is 11.8 Å². The third-order valence-electron chi connectivity index (χ3n) is 5.08. The third kappa shape index (κ3) is 3.27. The predicted molar refractivity (Wildman–Crippen MR) is 104 cm³/mol. The lowest BCUT2D eigenvalue weighted by Crippen LogP contribution is -2.41. The highest BCUT2D eigenvalue weighted by molar-refractivity contribution is 5.98. The van der Waals surface area contributed by atoms with Gasteiger partial charge in [-0.25, -0.2) is 4.98 Å². The Balaban J connectivity index is 1.53. The lowest BCUT2D eigenvalue weighted by Gasteiger charge is -2.33. The normalized spacial score (nSPS) is 16.2. The number of hydrogen-bond acceptors (Lipinski definition) is 4. The Bertz CT molecular complexity index is 989. The molecular weight excluding hydrogens is 358 g/mol. The number of amides is 2. The molecule has 1 atom stereocenters. The number of carbonyl (C=O) groups is 2. The molecule has 0 spiro atoms. The summed E-state index contributed by atoms with van der Waals surface area (Å²) >= 11 is 0. The number of aromatic amines is 1. The standard InChI is InChI=1S/C20H23N5O3/c1-13-18-23-17(19(26)21-7-10-28-2)12-24(18)8-9-25(13)20(27)16-11-14-5-3-4-6-15(14)22-16/h3-6,11-13,22H,7-10H2,1-2H3,(H,21,26)/t13-/m0/s1. The van der Waals surface area contributed by atoms with E-state index in [1.54, 1.807) is 18.2 Å². The number of nitrogens with zero attached hydrogens (tertiary/aromatic N) is 3. The zero-order valence-corrected chi connectivity index (χ0v) is 15.9. The lowest BCUT2D eigenvalue weighted by molar-refractivity contribution is 0.0632. The summed E-state index contributed by atoms with van der Waals surface area (Å²) in [6, 6.07) is 9.46. The van der Waals surface area contributed by atoms with Gasteiger partial charge in [-0.3, -0.25) is 9.59 Å². The van der Waals surface area contributed by atoms with E-state index in [-0.39, 0.29) is 17.9 Å². The van der Waals surface area contributed by atoms with Crippen LogP contribution in [0.15, 0.2) is 36.5 Å². The molecule has 2 aromatic heterocycles. The van der Waals surface area contributed by atoms with Gasteiger partial charge in [0.15, 0.2) is 0 Å². The molecule has 1 aliphatic rings. The highest BCUT2D eigenvalue weighted by atomic mass is 16.5. The fourth-order valence-corrected chi connectivity index (χ4v) is 3.58. The van der Waals surface area contributed by atoms with E-state index in [2.05, 4.69) is 15.3 Å². The van der Waals surface area contributed by atoms with Gasteiger partial charge in [-0.15, -0.1) is 0 Å². The summed E-state index contributed by atoms with van der Waals surface area (Å²) in [6.45, 7) is 3.97. The number of fused-ring (bicyclic) bond motifs is 2. The molecule has 1 aliphatic heterocycles. The topological polar surface area (TPSA) is 92.2 Å². The van der Waals surface area contributed by atoms with Crippen LogP contribution in [-0.4, -0.2) is 58.1 Å². The van der Waals surface area contributed by atoms with Gasteiger partial charge in [0.2, 0.25) is 0 Å². The molecule has 4 rings (SSSR count). The number of hydrogen-bond donors (Lipinski definition) is 2. The summed E-state index contributed by atoms with van der Waals surface area (Å²) in [5.74, 6) is 0.413. The van der Waals surface area contributed by atoms with Crippen molar-refractivity contribution in [3.05, 3.63) is 53.7 Å². The summed E-state index contributed by atoms with van der Waals surface area (Å²) in [7, 11) is 1.59. The number of nitrogens with one attached hydrogen (secondary N) is 2. The number of aromatic nitrogens is 3. The second-order valence-corrected chi connectivity index (χ2v) is 6.87. The van der Waals surface area contributed by atoms with Crippen LogP contribution in [0.1, 0.15) is 39.8 Å². The molecule has 0 aliphatic carbocycles.